The number of rotatable bonds is 3. The number of nitrogens with one attached hydrogen (secondary N) is 1. The Morgan fingerprint density at radius 2 is 1.79 bits per heavy atom. The lowest BCUT2D eigenvalue weighted by Crippen LogP contribution is -2.14. The molecule has 19 heavy (non-hydrogen) atoms. The second-order valence-electron chi connectivity index (χ2n) is 3.67. The Balaban J connectivity index is 2.43. The Morgan fingerprint density at radius 1 is 1.11 bits per heavy atom. The van der Waals surface area contributed by atoms with Crippen LogP contribution in [0, 0.1) is 5.82 Å². The van der Waals surface area contributed by atoms with Gasteiger partial charge in [-0.3, -0.25) is 4.72 Å². The SMILES string of the molecule is O=S(=O)(Nc1cccc(Cl)c1F)c1ccccc1O. The van der Waals surface area contributed by atoms with Crippen LogP contribution in [0.25, 0.3) is 0 Å². The van der Waals surface area contributed by atoms with Gasteiger partial charge in [-0.2, -0.15) is 0 Å². The highest BCUT2D eigenvalue weighted by atomic mass is 35.5. The third kappa shape index (κ3) is 2.80. The number of hydrogen-bond donors (Lipinski definition) is 2. The van der Waals surface area contributed by atoms with E-state index in [9.17, 15) is 17.9 Å². The van der Waals surface area contributed by atoms with Crippen LogP contribution in [-0.4, -0.2) is 13.5 Å². The third-order valence-electron chi connectivity index (χ3n) is 2.35. The minimum absolute atomic E-state index is 0.197. The van der Waals surface area contributed by atoms with Gasteiger partial charge in [-0.25, -0.2) is 12.8 Å². The molecule has 0 heterocycles. The van der Waals surface area contributed by atoms with Crippen LogP contribution in [0.2, 0.25) is 5.02 Å². The fourth-order valence-corrected chi connectivity index (χ4v) is 2.80. The van der Waals surface area contributed by atoms with Gasteiger partial charge in [0, 0.05) is 0 Å². The lowest BCUT2D eigenvalue weighted by molar-refractivity contribution is 0.459. The molecule has 0 spiro atoms. The van der Waals surface area contributed by atoms with Crippen LogP contribution in [0.1, 0.15) is 0 Å². The molecular formula is C12H9ClFNO3S. The molecule has 0 unspecified atom stereocenters. The van der Waals surface area contributed by atoms with Gasteiger partial charge < -0.3 is 5.11 Å². The molecule has 0 atom stereocenters. The van der Waals surface area contributed by atoms with Crippen molar-refractivity contribution in [1.82, 2.24) is 0 Å². The molecule has 0 bridgehead atoms. The van der Waals surface area contributed by atoms with E-state index in [0.717, 1.165) is 0 Å². The van der Waals surface area contributed by atoms with Crippen molar-refractivity contribution in [2.24, 2.45) is 0 Å². The van der Waals surface area contributed by atoms with Crippen LogP contribution in [0.15, 0.2) is 47.4 Å². The third-order valence-corrected chi connectivity index (χ3v) is 4.06. The first-order valence-electron chi connectivity index (χ1n) is 5.16. The molecule has 2 aromatic carbocycles. The molecule has 7 heteroatoms. The van der Waals surface area contributed by atoms with E-state index in [1.54, 1.807) is 0 Å². The first-order valence-corrected chi connectivity index (χ1v) is 7.03. The minimum Gasteiger partial charge on any atom is -0.507 e. The molecule has 0 radical (unpaired) electrons. The van der Waals surface area contributed by atoms with Crippen LogP contribution >= 0.6 is 11.6 Å². The minimum atomic E-state index is -4.08. The van der Waals surface area contributed by atoms with Crippen molar-refractivity contribution in [1.29, 1.82) is 0 Å². The van der Waals surface area contributed by atoms with Gasteiger partial charge in [0.2, 0.25) is 0 Å². The maximum atomic E-state index is 13.6. The Labute approximate surface area is 114 Å². The van der Waals surface area contributed by atoms with Gasteiger partial charge in [-0.05, 0) is 24.3 Å². The molecule has 0 aliphatic carbocycles. The van der Waals surface area contributed by atoms with E-state index >= 15 is 0 Å². The number of aromatic hydroxyl groups is 1. The van der Waals surface area contributed by atoms with Crippen LogP contribution in [0.3, 0.4) is 0 Å². The molecule has 0 amide bonds. The molecule has 2 N–H and O–H groups in total. The predicted octanol–water partition coefficient (Wildman–Crippen LogP) is 2.99. The summed E-state index contributed by atoms with van der Waals surface area (Å²) in [5.74, 6) is -1.29. The summed E-state index contributed by atoms with van der Waals surface area (Å²) in [7, 11) is -4.08. The van der Waals surface area contributed by atoms with Gasteiger partial charge in [0.25, 0.3) is 10.0 Å². The molecular weight excluding hydrogens is 293 g/mol. The van der Waals surface area contributed by atoms with Gasteiger partial charge in [0.15, 0.2) is 5.82 Å². The average Bonchev–Trinajstić information content (AvgIpc) is 2.35. The van der Waals surface area contributed by atoms with Crippen molar-refractivity contribution in [2.75, 3.05) is 4.72 Å². The summed E-state index contributed by atoms with van der Waals surface area (Å²) >= 11 is 5.56. The molecule has 0 saturated heterocycles. The molecule has 0 saturated carbocycles. The van der Waals surface area contributed by atoms with Crippen LogP contribution < -0.4 is 4.72 Å². The summed E-state index contributed by atoms with van der Waals surface area (Å²) in [6.45, 7) is 0. The Bertz CT molecular complexity index is 719. The number of para-hydroxylation sites is 1. The highest BCUT2D eigenvalue weighted by molar-refractivity contribution is 7.92. The summed E-state index contributed by atoms with van der Waals surface area (Å²) in [6, 6.07) is 9.31. The van der Waals surface area contributed by atoms with E-state index in [2.05, 4.69) is 0 Å². The summed E-state index contributed by atoms with van der Waals surface area (Å²) in [4.78, 5) is -0.339. The second kappa shape index (κ2) is 5.07. The number of hydrogen-bond acceptors (Lipinski definition) is 3. The fourth-order valence-electron chi connectivity index (χ4n) is 1.47. The summed E-state index contributed by atoms with van der Waals surface area (Å²) in [5.41, 5.74) is -0.282. The number of phenols is 1. The molecule has 0 fully saturated rings. The topological polar surface area (TPSA) is 66.4 Å². The largest absolute Gasteiger partial charge is 0.507 e. The fraction of sp³-hybridized carbons (Fsp3) is 0. The maximum absolute atomic E-state index is 13.6. The lowest BCUT2D eigenvalue weighted by Gasteiger charge is -2.10. The maximum Gasteiger partial charge on any atom is 0.265 e. The molecule has 4 nitrogen and oxygen atoms in total. The molecule has 0 aliphatic rings. The molecule has 2 rings (SSSR count). The van der Waals surface area contributed by atoms with Gasteiger partial charge in [-0.15, -0.1) is 0 Å². The van der Waals surface area contributed by atoms with E-state index in [1.165, 1.54) is 42.5 Å². The number of benzene rings is 2. The van der Waals surface area contributed by atoms with E-state index in [4.69, 9.17) is 11.6 Å². The number of sulfonamides is 1. The zero-order valence-corrected chi connectivity index (χ0v) is 11.0. The van der Waals surface area contributed by atoms with Crippen LogP contribution in [0.5, 0.6) is 5.75 Å². The lowest BCUT2D eigenvalue weighted by atomic mass is 10.3. The highest BCUT2D eigenvalue weighted by Crippen LogP contribution is 2.27. The van der Waals surface area contributed by atoms with Crippen molar-refractivity contribution in [3.8, 4) is 5.75 Å². The Hall–Kier alpha value is -1.79. The Kier molecular flexibility index (Phi) is 3.64. The first-order chi connectivity index (χ1) is 8.92. The molecule has 2 aromatic rings. The highest BCUT2D eigenvalue weighted by Gasteiger charge is 2.20. The van der Waals surface area contributed by atoms with Crippen LogP contribution in [0.4, 0.5) is 10.1 Å². The zero-order valence-electron chi connectivity index (χ0n) is 9.47. The van der Waals surface area contributed by atoms with Gasteiger partial charge in [0.05, 0.1) is 10.7 Å². The van der Waals surface area contributed by atoms with Crippen molar-refractivity contribution in [3.05, 3.63) is 53.3 Å². The van der Waals surface area contributed by atoms with E-state index in [-0.39, 0.29) is 15.6 Å². The predicted molar refractivity (Wildman–Crippen MR) is 70.3 cm³/mol. The number of halogens is 2. The average molecular weight is 302 g/mol. The van der Waals surface area contributed by atoms with Crippen molar-refractivity contribution >= 4 is 27.3 Å². The van der Waals surface area contributed by atoms with Crippen molar-refractivity contribution in [2.45, 2.75) is 4.90 Å². The van der Waals surface area contributed by atoms with E-state index in [1.807, 2.05) is 4.72 Å². The van der Waals surface area contributed by atoms with Gasteiger partial charge in [-0.1, -0.05) is 29.8 Å². The van der Waals surface area contributed by atoms with E-state index < -0.39 is 21.6 Å². The normalized spacial score (nSPS) is 11.3. The number of phenolic OH excluding ortho intramolecular Hbond substituents is 1. The molecule has 0 aromatic heterocycles. The molecule has 0 aliphatic heterocycles. The summed E-state index contributed by atoms with van der Waals surface area (Å²) in [5, 5.41) is 9.31. The standard InChI is InChI=1S/C12H9ClFNO3S/c13-8-4-3-5-9(12(8)14)15-19(17,18)11-7-2-1-6-10(11)16/h1-7,15-16H. The van der Waals surface area contributed by atoms with Gasteiger partial charge in [0.1, 0.15) is 10.6 Å². The zero-order chi connectivity index (χ0) is 14.0. The summed E-state index contributed by atoms with van der Waals surface area (Å²) < 4.78 is 39.7. The molecule has 100 valence electrons. The van der Waals surface area contributed by atoms with E-state index in [0.29, 0.717) is 0 Å². The first kappa shape index (κ1) is 13.6. The van der Waals surface area contributed by atoms with Crippen molar-refractivity contribution < 1.29 is 17.9 Å². The smallest absolute Gasteiger partial charge is 0.265 e. The second-order valence-corrected chi connectivity index (χ2v) is 5.73. The van der Waals surface area contributed by atoms with Crippen LogP contribution in [-0.2, 0) is 10.0 Å². The van der Waals surface area contributed by atoms with Crippen molar-refractivity contribution in [3.63, 3.8) is 0 Å². The monoisotopic (exact) mass is 301 g/mol. The Morgan fingerprint density at radius 3 is 2.47 bits per heavy atom. The summed E-state index contributed by atoms with van der Waals surface area (Å²) in [6.07, 6.45) is 0. The number of anilines is 1. The van der Waals surface area contributed by atoms with Gasteiger partial charge >= 0.3 is 0 Å². The quantitative estimate of drug-likeness (QED) is 0.916.